The third-order valence-corrected chi connectivity index (χ3v) is 1.90. The van der Waals surface area contributed by atoms with Crippen LogP contribution in [0.2, 0.25) is 0 Å². The summed E-state index contributed by atoms with van der Waals surface area (Å²) in [4.78, 5) is 0. The van der Waals surface area contributed by atoms with Crippen molar-refractivity contribution in [2.24, 2.45) is 7.05 Å². The van der Waals surface area contributed by atoms with Crippen molar-refractivity contribution in [3.63, 3.8) is 0 Å². The Morgan fingerprint density at radius 3 is 3.15 bits per heavy atom. The number of aromatic nitrogens is 2. The van der Waals surface area contributed by atoms with Crippen molar-refractivity contribution < 1.29 is 9.36 Å². The molecular formula is C8H7BN2O2. The molecule has 5 heteroatoms. The summed E-state index contributed by atoms with van der Waals surface area (Å²) < 4.78 is 16.5. The van der Waals surface area contributed by atoms with Crippen LogP contribution in [-0.4, -0.2) is 17.1 Å². The van der Waals surface area contributed by atoms with Crippen molar-refractivity contribution in [3.05, 3.63) is 24.4 Å². The minimum atomic E-state index is 0.414. The molecule has 1 aromatic carbocycles. The average molecular weight is 174 g/mol. The standard InChI is InChI=1S/C8H7BN2O2/c1-11-8-3-2-7(13-9-12)4-6(8)5-10-11/h2-5H,1H3. The van der Waals surface area contributed by atoms with Gasteiger partial charge in [-0.2, -0.15) is 0 Å². The Morgan fingerprint density at radius 1 is 1.54 bits per heavy atom. The van der Waals surface area contributed by atoms with Gasteiger partial charge in [0.05, 0.1) is 0 Å². The van der Waals surface area contributed by atoms with Crippen LogP contribution in [0.5, 0.6) is 5.75 Å². The second-order valence-corrected chi connectivity index (χ2v) is 2.70. The molecule has 13 heavy (non-hydrogen) atoms. The van der Waals surface area contributed by atoms with Crippen molar-refractivity contribution in [1.29, 1.82) is 0 Å². The van der Waals surface area contributed by atoms with Gasteiger partial charge in [0, 0.05) is 0 Å². The van der Waals surface area contributed by atoms with Gasteiger partial charge in [0.1, 0.15) is 0 Å². The number of hydrogen-bond donors (Lipinski definition) is 0. The van der Waals surface area contributed by atoms with Crippen LogP contribution in [0.3, 0.4) is 0 Å². The predicted molar refractivity (Wildman–Crippen MR) is 47.8 cm³/mol. The van der Waals surface area contributed by atoms with Gasteiger partial charge >= 0.3 is 74.6 Å². The van der Waals surface area contributed by atoms with Gasteiger partial charge in [0.15, 0.2) is 0 Å². The fourth-order valence-corrected chi connectivity index (χ4v) is 1.27. The third kappa shape index (κ3) is 1.33. The number of rotatable bonds is 2. The van der Waals surface area contributed by atoms with Crippen molar-refractivity contribution in [3.8, 4) is 5.75 Å². The van der Waals surface area contributed by atoms with Crippen LogP contribution in [0.15, 0.2) is 24.4 Å². The molecular weight excluding hydrogens is 167 g/mol. The molecule has 4 nitrogen and oxygen atoms in total. The Bertz CT molecular complexity index is 452. The summed E-state index contributed by atoms with van der Waals surface area (Å²) in [6, 6.07) is 5.37. The molecule has 0 unspecified atom stereocenters. The zero-order valence-electron chi connectivity index (χ0n) is 7.10. The molecule has 0 fully saturated rings. The molecule has 0 saturated heterocycles. The van der Waals surface area contributed by atoms with Crippen LogP contribution < -0.4 is 4.65 Å². The fourth-order valence-electron chi connectivity index (χ4n) is 1.27. The second-order valence-electron chi connectivity index (χ2n) is 2.70. The van der Waals surface area contributed by atoms with E-state index in [2.05, 4.69) is 5.10 Å². The van der Waals surface area contributed by atoms with Gasteiger partial charge in [-0.15, -0.1) is 0 Å². The molecule has 0 aliphatic carbocycles. The van der Waals surface area contributed by atoms with E-state index in [4.69, 9.17) is 4.65 Å². The van der Waals surface area contributed by atoms with Crippen LogP contribution in [0.4, 0.5) is 0 Å². The summed E-state index contributed by atoms with van der Waals surface area (Å²) in [5.41, 5.74) is 1.01. The molecule has 1 aromatic heterocycles. The number of benzene rings is 1. The third-order valence-electron chi connectivity index (χ3n) is 1.90. The fraction of sp³-hybridized carbons (Fsp3) is 0.125. The van der Waals surface area contributed by atoms with E-state index in [1.54, 1.807) is 23.0 Å². The monoisotopic (exact) mass is 174 g/mol. The molecule has 0 atom stereocenters. The molecule has 2 rings (SSSR count). The van der Waals surface area contributed by atoms with E-state index in [1.165, 1.54) is 0 Å². The number of nitrogens with zero attached hydrogens (tertiary/aromatic N) is 2. The van der Waals surface area contributed by atoms with E-state index in [9.17, 15) is 4.70 Å². The number of fused-ring (bicyclic) bond motifs is 1. The first-order valence-electron chi connectivity index (χ1n) is 3.83. The van der Waals surface area contributed by atoms with Gasteiger partial charge in [-0.1, -0.05) is 0 Å². The van der Waals surface area contributed by atoms with Crippen LogP contribution in [0, 0.1) is 0 Å². The van der Waals surface area contributed by atoms with Crippen molar-refractivity contribution in [2.45, 2.75) is 0 Å². The van der Waals surface area contributed by atoms with Crippen molar-refractivity contribution in [1.82, 2.24) is 9.78 Å². The zero-order chi connectivity index (χ0) is 9.26. The average Bonchev–Trinajstić information content (AvgIpc) is 2.48. The maximum atomic E-state index is 10.1. The molecule has 1 heterocycles. The number of hydrogen-bond acceptors (Lipinski definition) is 3. The van der Waals surface area contributed by atoms with Crippen molar-refractivity contribution >= 4 is 18.3 Å². The van der Waals surface area contributed by atoms with E-state index in [0.717, 1.165) is 10.9 Å². The van der Waals surface area contributed by atoms with E-state index in [-0.39, 0.29) is 0 Å². The SMILES string of the molecule is Cn1ncc2cc(OB=O)ccc21. The molecule has 0 amide bonds. The molecule has 0 aliphatic rings. The molecule has 0 saturated carbocycles. The molecule has 0 spiro atoms. The van der Waals surface area contributed by atoms with Gasteiger partial charge in [0.2, 0.25) is 0 Å². The minimum absolute atomic E-state index is 0.414. The summed E-state index contributed by atoms with van der Waals surface area (Å²) in [7, 11) is 2.28. The Labute approximate surface area is 75.4 Å². The van der Waals surface area contributed by atoms with Crippen LogP contribution in [-0.2, 0) is 11.8 Å². The topological polar surface area (TPSA) is 44.1 Å². The summed E-state index contributed by atoms with van der Waals surface area (Å²) in [6.07, 6.45) is 1.73. The molecule has 0 radical (unpaired) electrons. The molecule has 0 N–H and O–H groups in total. The Balaban J connectivity index is 2.56. The van der Waals surface area contributed by atoms with E-state index >= 15 is 0 Å². The summed E-state index contributed by atoms with van der Waals surface area (Å²) in [5, 5.41) is 5.03. The Morgan fingerprint density at radius 2 is 2.38 bits per heavy atom. The van der Waals surface area contributed by atoms with Gasteiger partial charge < -0.3 is 0 Å². The molecule has 0 aliphatic heterocycles. The Kier molecular flexibility index (Phi) is 1.85. The second kappa shape index (κ2) is 3.01. The number of aryl methyl sites for hydroxylation is 1. The molecule has 64 valence electrons. The van der Waals surface area contributed by atoms with Gasteiger partial charge in [-0.3, -0.25) is 0 Å². The molecule has 0 bridgehead atoms. The van der Waals surface area contributed by atoms with Gasteiger partial charge in [-0.05, 0) is 0 Å². The van der Waals surface area contributed by atoms with E-state index in [1.807, 2.05) is 13.1 Å². The Hall–Kier alpha value is -1.65. The van der Waals surface area contributed by atoms with Crippen LogP contribution in [0.1, 0.15) is 0 Å². The molecule has 2 aromatic rings. The summed E-state index contributed by atoms with van der Waals surface area (Å²) in [5.74, 6) is 0.538. The van der Waals surface area contributed by atoms with Crippen molar-refractivity contribution in [2.75, 3.05) is 0 Å². The normalized spacial score (nSPS) is 9.92. The summed E-state index contributed by atoms with van der Waals surface area (Å²) in [6.45, 7) is 0. The quantitative estimate of drug-likeness (QED) is 0.635. The first-order chi connectivity index (χ1) is 6.31. The first kappa shape index (κ1) is 7.98. The predicted octanol–water partition coefficient (Wildman–Crippen LogP) is 0.917. The van der Waals surface area contributed by atoms with E-state index < -0.39 is 0 Å². The van der Waals surface area contributed by atoms with Crippen LogP contribution >= 0.6 is 0 Å². The van der Waals surface area contributed by atoms with E-state index in [0.29, 0.717) is 13.1 Å². The van der Waals surface area contributed by atoms with Gasteiger partial charge in [0.25, 0.3) is 0 Å². The zero-order valence-corrected chi connectivity index (χ0v) is 7.10. The first-order valence-corrected chi connectivity index (χ1v) is 3.83. The van der Waals surface area contributed by atoms with Crippen LogP contribution in [0.25, 0.3) is 10.9 Å². The summed E-state index contributed by atoms with van der Waals surface area (Å²) >= 11 is 0. The maximum absolute atomic E-state index is 10.1. The van der Waals surface area contributed by atoms with Gasteiger partial charge in [-0.25, -0.2) is 0 Å².